The highest BCUT2D eigenvalue weighted by atomic mass is 19.4. The summed E-state index contributed by atoms with van der Waals surface area (Å²) >= 11 is 0. The summed E-state index contributed by atoms with van der Waals surface area (Å²) in [7, 11) is 0. The molecule has 2 aromatic carbocycles. The second-order valence-corrected chi connectivity index (χ2v) is 6.75. The zero-order valence-electron chi connectivity index (χ0n) is 15.1. The van der Waals surface area contributed by atoms with Gasteiger partial charge in [-0.25, -0.2) is 0 Å². The zero-order chi connectivity index (χ0) is 19.7. The molecule has 0 bridgehead atoms. The topological polar surface area (TPSA) is 38.3 Å². The Morgan fingerprint density at radius 1 is 1.19 bits per heavy atom. The van der Waals surface area contributed by atoms with Crippen LogP contribution in [0.4, 0.5) is 18.9 Å². The number of anilines is 1. The lowest BCUT2D eigenvalue weighted by molar-refractivity contribution is -0.137. The van der Waals surface area contributed by atoms with Gasteiger partial charge in [-0.05, 0) is 49.8 Å². The first kappa shape index (κ1) is 19.0. The Kier molecular flexibility index (Phi) is 5.00. The van der Waals surface area contributed by atoms with Crippen molar-refractivity contribution >= 4 is 17.7 Å². The van der Waals surface area contributed by atoms with Crippen molar-refractivity contribution in [2.45, 2.75) is 38.5 Å². The highest BCUT2D eigenvalue weighted by Crippen LogP contribution is 2.35. The molecule has 3 nitrogen and oxygen atoms in total. The molecule has 1 unspecified atom stereocenters. The summed E-state index contributed by atoms with van der Waals surface area (Å²) in [5.74, 6) is -0.124. The first-order valence-electron chi connectivity index (χ1n) is 8.72. The zero-order valence-corrected chi connectivity index (χ0v) is 15.1. The Bertz CT molecular complexity index is 889. The van der Waals surface area contributed by atoms with E-state index in [0.717, 1.165) is 30.5 Å². The van der Waals surface area contributed by atoms with Crippen molar-refractivity contribution < 1.29 is 22.7 Å². The smallest absolute Gasteiger partial charge is 0.417 e. The Balaban J connectivity index is 1.82. The average molecular weight is 375 g/mol. The van der Waals surface area contributed by atoms with Gasteiger partial charge in [-0.3, -0.25) is 4.79 Å². The fourth-order valence-corrected chi connectivity index (χ4v) is 3.16. The van der Waals surface area contributed by atoms with Crippen LogP contribution < -0.4 is 10.1 Å². The van der Waals surface area contributed by atoms with Crippen LogP contribution in [0.3, 0.4) is 0 Å². The third-order valence-corrected chi connectivity index (χ3v) is 4.45. The van der Waals surface area contributed by atoms with Crippen LogP contribution in [0.5, 0.6) is 5.75 Å². The van der Waals surface area contributed by atoms with Gasteiger partial charge in [-0.15, -0.1) is 0 Å². The molecule has 0 radical (unpaired) electrons. The van der Waals surface area contributed by atoms with Crippen LogP contribution >= 0.6 is 0 Å². The summed E-state index contributed by atoms with van der Waals surface area (Å²) in [4.78, 5) is 12.4. The molecule has 0 spiro atoms. The fraction of sp³-hybridized carbons (Fsp3) is 0.286. The Hall–Kier alpha value is -2.76. The number of benzene rings is 2. The number of hydrogen-bond acceptors (Lipinski definition) is 2. The third-order valence-electron chi connectivity index (χ3n) is 4.45. The molecule has 1 amide bonds. The Morgan fingerprint density at radius 2 is 1.93 bits per heavy atom. The van der Waals surface area contributed by atoms with Gasteiger partial charge in [0.1, 0.15) is 11.4 Å². The number of carbonyl (C=O) groups is 1. The first-order valence-corrected chi connectivity index (χ1v) is 8.72. The number of amides is 1. The molecule has 6 heteroatoms. The van der Waals surface area contributed by atoms with Crippen LogP contribution in [0.15, 0.2) is 48.5 Å². The molecule has 0 saturated heterocycles. The quantitative estimate of drug-likeness (QED) is 0.720. The minimum atomic E-state index is -4.59. The molecular formula is C21H20F3NO2. The van der Waals surface area contributed by atoms with Crippen LogP contribution in [-0.2, 0) is 6.18 Å². The summed E-state index contributed by atoms with van der Waals surface area (Å²) in [6.45, 7) is 4.08. The van der Waals surface area contributed by atoms with Gasteiger partial charge in [0.15, 0.2) is 0 Å². The van der Waals surface area contributed by atoms with Crippen LogP contribution in [0.2, 0.25) is 0 Å². The molecule has 0 aliphatic carbocycles. The summed E-state index contributed by atoms with van der Waals surface area (Å²) in [5, 5.41) is 2.54. The van der Waals surface area contributed by atoms with Crippen LogP contribution in [0, 0.1) is 0 Å². The van der Waals surface area contributed by atoms with Gasteiger partial charge < -0.3 is 10.1 Å². The number of ether oxygens (including phenoxy) is 1. The molecule has 1 aliphatic rings. The molecular weight excluding hydrogens is 355 g/mol. The van der Waals surface area contributed by atoms with Crippen molar-refractivity contribution in [3.05, 3.63) is 65.2 Å². The number of alkyl halides is 3. The predicted molar refractivity (Wildman–Crippen MR) is 98.8 cm³/mol. The number of nitrogens with one attached hydrogen (secondary N) is 1. The van der Waals surface area contributed by atoms with E-state index in [4.69, 9.17) is 4.74 Å². The maximum atomic E-state index is 13.1. The van der Waals surface area contributed by atoms with Crippen molar-refractivity contribution in [2.75, 3.05) is 5.32 Å². The Morgan fingerprint density at radius 3 is 2.63 bits per heavy atom. The molecule has 142 valence electrons. The summed E-state index contributed by atoms with van der Waals surface area (Å²) in [6, 6.07) is 9.75. The van der Waals surface area contributed by atoms with Gasteiger partial charge in [0.2, 0.25) is 0 Å². The van der Waals surface area contributed by atoms with E-state index in [9.17, 15) is 18.0 Å². The van der Waals surface area contributed by atoms with Crippen molar-refractivity contribution in [3.8, 4) is 5.75 Å². The van der Waals surface area contributed by atoms with Crippen molar-refractivity contribution in [1.82, 2.24) is 0 Å². The van der Waals surface area contributed by atoms with Gasteiger partial charge in [-0.2, -0.15) is 13.2 Å². The van der Waals surface area contributed by atoms with Gasteiger partial charge in [0.05, 0.1) is 11.1 Å². The first-order chi connectivity index (χ1) is 12.7. The monoisotopic (exact) mass is 375 g/mol. The van der Waals surface area contributed by atoms with E-state index in [0.29, 0.717) is 11.4 Å². The number of rotatable bonds is 4. The molecule has 1 aliphatic heterocycles. The van der Waals surface area contributed by atoms with Crippen LogP contribution in [0.25, 0.3) is 6.08 Å². The lowest BCUT2D eigenvalue weighted by Gasteiger charge is -2.31. The van der Waals surface area contributed by atoms with E-state index in [1.807, 2.05) is 19.1 Å². The Labute approximate surface area is 155 Å². The van der Waals surface area contributed by atoms with Crippen LogP contribution in [0.1, 0.15) is 48.2 Å². The number of halogens is 3. The van der Waals surface area contributed by atoms with E-state index >= 15 is 0 Å². The number of fused-ring (bicyclic) bond motifs is 1. The van der Waals surface area contributed by atoms with Crippen molar-refractivity contribution in [2.24, 2.45) is 0 Å². The van der Waals surface area contributed by atoms with Crippen LogP contribution in [-0.4, -0.2) is 11.5 Å². The summed E-state index contributed by atoms with van der Waals surface area (Å²) in [6.07, 6.45) is 1.12. The number of hydrogen-bond donors (Lipinski definition) is 1. The molecule has 1 heterocycles. The minimum absolute atomic E-state index is 0.377. The third kappa shape index (κ3) is 4.15. The fourth-order valence-electron chi connectivity index (χ4n) is 3.16. The number of carbonyl (C=O) groups excluding carboxylic acids is 1. The molecule has 1 atom stereocenters. The SMILES string of the molecule is CCCC1(C)C=Cc2cc(NC(=O)c3ccccc3C(F)(F)F)ccc2O1. The predicted octanol–water partition coefficient (Wildman–Crippen LogP) is 5.92. The molecule has 27 heavy (non-hydrogen) atoms. The highest BCUT2D eigenvalue weighted by Gasteiger charge is 2.35. The van der Waals surface area contributed by atoms with Crippen molar-refractivity contribution in [1.29, 1.82) is 0 Å². The van der Waals surface area contributed by atoms with E-state index in [1.54, 1.807) is 18.2 Å². The van der Waals surface area contributed by atoms with Gasteiger partial charge in [0, 0.05) is 11.3 Å². The van der Waals surface area contributed by atoms with Crippen molar-refractivity contribution in [3.63, 3.8) is 0 Å². The molecule has 0 aromatic heterocycles. The van der Waals surface area contributed by atoms with Gasteiger partial charge >= 0.3 is 6.18 Å². The molecule has 3 rings (SSSR count). The largest absolute Gasteiger partial charge is 0.483 e. The maximum Gasteiger partial charge on any atom is 0.417 e. The summed E-state index contributed by atoms with van der Waals surface area (Å²) in [5.41, 5.74) is -0.573. The second-order valence-electron chi connectivity index (χ2n) is 6.75. The van der Waals surface area contributed by atoms with E-state index in [2.05, 4.69) is 12.2 Å². The second kappa shape index (κ2) is 7.10. The van der Waals surface area contributed by atoms with Gasteiger partial charge in [-0.1, -0.05) is 31.6 Å². The average Bonchev–Trinajstić information content (AvgIpc) is 2.61. The summed E-state index contributed by atoms with van der Waals surface area (Å²) < 4.78 is 45.3. The lowest BCUT2D eigenvalue weighted by atomic mass is 9.95. The van der Waals surface area contributed by atoms with E-state index in [1.165, 1.54) is 12.1 Å². The minimum Gasteiger partial charge on any atom is -0.483 e. The van der Waals surface area contributed by atoms with Gasteiger partial charge in [0.25, 0.3) is 5.91 Å². The lowest BCUT2D eigenvalue weighted by Crippen LogP contribution is -2.31. The standard InChI is InChI=1S/C21H20F3NO2/c1-3-11-20(2)12-10-14-13-15(8-9-18(14)27-20)25-19(26)16-6-4-5-7-17(16)21(22,23)24/h4-10,12-13H,3,11H2,1-2H3,(H,25,26). The molecule has 0 saturated carbocycles. The normalized spacial score (nSPS) is 18.6. The molecule has 0 fully saturated rings. The van der Waals surface area contributed by atoms with E-state index in [-0.39, 0.29) is 5.60 Å². The van der Waals surface area contributed by atoms with E-state index < -0.39 is 23.2 Å². The molecule has 2 aromatic rings. The maximum absolute atomic E-state index is 13.1. The molecule has 1 N–H and O–H groups in total. The highest BCUT2D eigenvalue weighted by molar-refractivity contribution is 6.05.